The molecule has 2 aromatic heterocycles. The van der Waals surface area contributed by atoms with Crippen molar-refractivity contribution in [2.45, 2.75) is 31.7 Å². The van der Waals surface area contributed by atoms with Gasteiger partial charge in [0.2, 0.25) is 5.95 Å². The highest BCUT2D eigenvalue weighted by Crippen LogP contribution is 2.23. The molecule has 1 aliphatic rings. The average Bonchev–Trinajstić information content (AvgIpc) is 2.89. The van der Waals surface area contributed by atoms with Crippen LogP contribution in [0.5, 0.6) is 0 Å². The lowest BCUT2D eigenvalue weighted by atomic mass is 10.1. The van der Waals surface area contributed by atoms with Crippen molar-refractivity contribution in [1.29, 1.82) is 0 Å². The van der Waals surface area contributed by atoms with E-state index in [9.17, 15) is 4.79 Å². The fourth-order valence-corrected chi connectivity index (χ4v) is 3.54. The van der Waals surface area contributed by atoms with Crippen LogP contribution in [0.1, 0.15) is 31.2 Å². The van der Waals surface area contributed by atoms with Crippen LogP contribution in [-0.2, 0) is 7.05 Å². The molecule has 1 aliphatic heterocycles. The molecule has 134 valence electrons. The Bertz CT molecular complexity index is 973. The molecule has 0 radical (unpaired) electrons. The van der Waals surface area contributed by atoms with Crippen LogP contribution in [-0.4, -0.2) is 32.3 Å². The second kappa shape index (κ2) is 7.15. The number of aromatic nitrogens is 4. The molecule has 1 fully saturated rings. The molecule has 6 nitrogen and oxygen atoms in total. The van der Waals surface area contributed by atoms with Gasteiger partial charge in [-0.15, -0.1) is 0 Å². The number of aryl methyl sites for hydroxylation is 1. The summed E-state index contributed by atoms with van der Waals surface area (Å²) < 4.78 is 1.65. The lowest BCUT2D eigenvalue weighted by Gasteiger charge is -2.28. The summed E-state index contributed by atoms with van der Waals surface area (Å²) in [5.41, 5.74) is 1.67. The Labute approximate surface area is 152 Å². The van der Waals surface area contributed by atoms with Crippen molar-refractivity contribution < 1.29 is 0 Å². The van der Waals surface area contributed by atoms with Gasteiger partial charge in [0.05, 0.1) is 12.2 Å². The Balaban J connectivity index is 1.70. The zero-order chi connectivity index (χ0) is 17.9. The summed E-state index contributed by atoms with van der Waals surface area (Å²) >= 11 is 0. The van der Waals surface area contributed by atoms with Crippen LogP contribution in [0.4, 0.5) is 5.95 Å². The minimum atomic E-state index is -0.131. The molecular formula is C20H23N5O. The average molecular weight is 349 g/mol. The first-order chi connectivity index (χ1) is 12.7. The smallest absolute Gasteiger partial charge is 0.263 e. The van der Waals surface area contributed by atoms with Gasteiger partial charge >= 0.3 is 0 Å². The summed E-state index contributed by atoms with van der Waals surface area (Å²) in [6, 6.07) is 10.5. The van der Waals surface area contributed by atoms with E-state index in [1.807, 2.05) is 25.2 Å². The first kappa shape index (κ1) is 16.6. The van der Waals surface area contributed by atoms with Gasteiger partial charge < -0.3 is 4.90 Å². The summed E-state index contributed by atoms with van der Waals surface area (Å²) in [5.74, 6) is 0.635. The lowest BCUT2D eigenvalue weighted by Crippen LogP contribution is -2.36. The molecule has 0 spiro atoms. The number of fused-ring (bicyclic) bond motifs is 1. The monoisotopic (exact) mass is 349 g/mol. The van der Waals surface area contributed by atoms with E-state index in [1.54, 1.807) is 10.9 Å². The standard InChI is InChI=1S/C20H23N5O/c1-24-18-17(14-21-24)19(26)23-20(22-18)25-13-7-3-6-10-16(25)12-11-15-8-4-2-5-9-15/h2,4-5,8-9,11-12,14,16H,3,6-7,10,13H2,1H3,(H,22,23,26)/b12-11+. The summed E-state index contributed by atoms with van der Waals surface area (Å²) in [7, 11) is 1.81. The van der Waals surface area contributed by atoms with Crippen molar-refractivity contribution in [2.75, 3.05) is 11.4 Å². The van der Waals surface area contributed by atoms with Crippen molar-refractivity contribution >= 4 is 23.1 Å². The molecule has 1 aromatic carbocycles. The molecule has 0 aliphatic carbocycles. The summed E-state index contributed by atoms with van der Waals surface area (Å²) in [5, 5.41) is 4.69. The predicted molar refractivity (Wildman–Crippen MR) is 104 cm³/mol. The third kappa shape index (κ3) is 3.27. The van der Waals surface area contributed by atoms with Crippen LogP contribution in [0.2, 0.25) is 0 Å². The number of nitrogens with zero attached hydrogens (tertiary/aromatic N) is 4. The van der Waals surface area contributed by atoms with E-state index in [0.717, 1.165) is 19.4 Å². The SMILES string of the molecule is Cn1ncc2c(=O)[nH]c(N3CCCCCC3/C=C/c3ccccc3)nc21. The molecule has 0 amide bonds. The fraction of sp³-hybridized carbons (Fsp3) is 0.350. The van der Waals surface area contributed by atoms with E-state index >= 15 is 0 Å². The molecule has 3 heterocycles. The fourth-order valence-electron chi connectivity index (χ4n) is 3.54. The Morgan fingerprint density at radius 3 is 2.88 bits per heavy atom. The molecule has 26 heavy (non-hydrogen) atoms. The maximum Gasteiger partial charge on any atom is 0.263 e. The van der Waals surface area contributed by atoms with Gasteiger partial charge in [-0.3, -0.25) is 14.5 Å². The van der Waals surface area contributed by atoms with Crippen LogP contribution in [0, 0.1) is 0 Å². The largest absolute Gasteiger partial charge is 0.336 e. The van der Waals surface area contributed by atoms with Gasteiger partial charge in [-0.1, -0.05) is 55.3 Å². The number of rotatable bonds is 3. The first-order valence-corrected chi connectivity index (χ1v) is 9.14. The molecule has 0 saturated carbocycles. The van der Waals surface area contributed by atoms with Crippen LogP contribution >= 0.6 is 0 Å². The Morgan fingerprint density at radius 2 is 2.04 bits per heavy atom. The molecule has 1 atom stereocenters. The maximum atomic E-state index is 12.4. The van der Waals surface area contributed by atoms with Crippen LogP contribution < -0.4 is 10.5 Å². The van der Waals surface area contributed by atoms with Gasteiger partial charge in [0, 0.05) is 13.6 Å². The second-order valence-electron chi connectivity index (χ2n) is 6.77. The third-order valence-electron chi connectivity index (χ3n) is 4.97. The van der Waals surface area contributed by atoms with E-state index < -0.39 is 0 Å². The van der Waals surface area contributed by atoms with Gasteiger partial charge in [-0.05, 0) is 18.4 Å². The zero-order valence-corrected chi connectivity index (χ0v) is 14.9. The number of aromatic amines is 1. The minimum absolute atomic E-state index is 0.131. The number of hydrogen-bond acceptors (Lipinski definition) is 4. The first-order valence-electron chi connectivity index (χ1n) is 9.14. The molecule has 0 bridgehead atoms. The normalized spacial score (nSPS) is 18.5. The minimum Gasteiger partial charge on any atom is -0.336 e. The molecule has 1 saturated heterocycles. The highest BCUT2D eigenvalue weighted by atomic mass is 16.1. The Kier molecular flexibility index (Phi) is 4.56. The highest BCUT2D eigenvalue weighted by Gasteiger charge is 2.22. The number of anilines is 1. The number of nitrogens with one attached hydrogen (secondary N) is 1. The van der Waals surface area contributed by atoms with Crippen molar-refractivity contribution in [3.63, 3.8) is 0 Å². The molecule has 1 N–H and O–H groups in total. The van der Waals surface area contributed by atoms with E-state index in [0.29, 0.717) is 17.0 Å². The van der Waals surface area contributed by atoms with E-state index in [-0.39, 0.29) is 11.6 Å². The Morgan fingerprint density at radius 1 is 1.19 bits per heavy atom. The topological polar surface area (TPSA) is 66.8 Å². The maximum absolute atomic E-state index is 12.4. The predicted octanol–water partition coefficient (Wildman–Crippen LogP) is 3.12. The highest BCUT2D eigenvalue weighted by molar-refractivity contribution is 5.74. The Hall–Kier alpha value is -2.89. The quantitative estimate of drug-likeness (QED) is 0.789. The van der Waals surface area contributed by atoms with Gasteiger partial charge in [0.15, 0.2) is 5.65 Å². The second-order valence-corrected chi connectivity index (χ2v) is 6.77. The summed E-state index contributed by atoms with van der Waals surface area (Å²) in [6.07, 6.45) is 10.5. The molecule has 3 aromatic rings. The van der Waals surface area contributed by atoms with Crippen molar-refractivity contribution in [3.05, 3.63) is 58.5 Å². The van der Waals surface area contributed by atoms with E-state index in [4.69, 9.17) is 4.98 Å². The molecule has 1 unspecified atom stereocenters. The van der Waals surface area contributed by atoms with Crippen LogP contribution in [0.3, 0.4) is 0 Å². The zero-order valence-electron chi connectivity index (χ0n) is 14.9. The molecular weight excluding hydrogens is 326 g/mol. The molecule has 4 rings (SSSR count). The van der Waals surface area contributed by atoms with E-state index in [2.05, 4.69) is 39.3 Å². The van der Waals surface area contributed by atoms with Crippen molar-refractivity contribution in [2.24, 2.45) is 7.05 Å². The summed E-state index contributed by atoms with van der Waals surface area (Å²) in [6.45, 7) is 0.885. The molecule has 6 heteroatoms. The van der Waals surface area contributed by atoms with Crippen LogP contribution in [0.15, 0.2) is 47.4 Å². The van der Waals surface area contributed by atoms with Gasteiger partial charge in [0.25, 0.3) is 5.56 Å². The lowest BCUT2D eigenvalue weighted by molar-refractivity contribution is 0.652. The van der Waals surface area contributed by atoms with E-state index in [1.165, 1.54) is 18.4 Å². The van der Waals surface area contributed by atoms with Gasteiger partial charge in [-0.25, -0.2) is 0 Å². The third-order valence-corrected chi connectivity index (χ3v) is 4.97. The van der Waals surface area contributed by atoms with Crippen LogP contribution in [0.25, 0.3) is 17.1 Å². The van der Waals surface area contributed by atoms with Gasteiger partial charge in [-0.2, -0.15) is 10.1 Å². The number of hydrogen-bond donors (Lipinski definition) is 1. The summed E-state index contributed by atoms with van der Waals surface area (Å²) in [4.78, 5) is 22.3. The van der Waals surface area contributed by atoms with Crippen molar-refractivity contribution in [1.82, 2.24) is 19.7 Å². The number of H-pyrrole nitrogens is 1. The number of benzene rings is 1. The van der Waals surface area contributed by atoms with Gasteiger partial charge in [0.1, 0.15) is 5.39 Å². The van der Waals surface area contributed by atoms with Crippen molar-refractivity contribution in [3.8, 4) is 0 Å².